The van der Waals surface area contributed by atoms with Gasteiger partial charge in [-0.3, -0.25) is 0 Å². The van der Waals surface area contributed by atoms with Crippen molar-refractivity contribution in [3.63, 3.8) is 0 Å². The number of alkyl halides is 3. The van der Waals surface area contributed by atoms with Gasteiger partial charge in [-0.15, -0.1) is 0 Å². The fraction of sp³-hybridized carbons (Fsp3) is 0.538. The molecule has 0 aliphatic rings. The molecule has 0 aromatic heterocycles. The van der Waals surface area contributed by atoms with Crippen molar-refractivity contribution in [3.05, 3.63) is 29.8 Å². The Morgan fingerprint density at radius 1 is 1.22 bits per heavy atom. The molecule has 0 amide bonds. The van der Waals surface area contributed by atoms with Crippen molar-refractivity contribution in [3.8, 4) is 5.75 Å². The van der Waals surface area contributed by atoms with Crippen molar-refractivity contribution in [2.75, 3.05) is 6.61 Å². The Morgan fingerprint density at radius 2 is 1.89 bits per heavy atom. The summed E-state index contributed by atoms with van der Waals surface area (Å²) in [5, 5.41) is 9.03. The van der Waals surface area contributed by atoms with E-state index in [2.05, 4.69) is 0 Å². The minimum atomic E-state index is -4.39. The molecule has 0 aliphatic heterocycles. The van der Waals surface area contributed by atoms with Gasteiger partial charge >= 0.3 is 6.18 Å². The third-order valence-electron chi connectivity index (χ3n) is 2.47. The minimum absolute atomic E-state index is 0.137. The second kappa shape index (κ2) is 6.64. The zero-order valence-corrected chi connectivity index (χ0v) is 10.2. The number of hydrogen-bond acceptors (Lipinski definition) is 2. The third kappa shape index (κ3) is 4.96. The van der Waals surface area contributed by atoms with Gasteiger partial charge in [0.25, 0.3) is 0 Å². The van der Waals surface area contributed by atoms with E-state index in [0.717, 1.165) is 12.5 Å². The van der Waals surface area contributed by atoms with E-state index in [4.69, 9.17) is 9.84 Å². The van der Waals surface area contributed by atoms with Crippen LogP contribution in [0.1, 0.15) is 31.7 Å². The van der Waals surface area contributed by atoms with Crippen LogP contribution in [0.4, 0.5) is 13.2 Å². The molecule has 1 rings (SSSR count). The normalized spacial score (nSPS) is 13.4. The van der Waals surface area contributed by atoms with Crippen LogP contribution in [0.5, 0.6) is 5.75 Å². The number of aliphatic hydroxyl groups is 1. The molecule has 0 fully saturated rings. The van der Waals surface area contributed by atoms with E-state index in [1.807, 2.05) is 0 Å². The molecule has 0 heterocycles. The van der Waals surface area contributed by atoms with Crippen molar-refractivity contribution in [2.45, 2.75) is 38.5 Å². The van der Waals surface area contributed by atoms with Gasteiger partial charge in [0.15, 0.2) is 0 Å². The molecule has 0 spiro atoms. The van der Waals surface area contributed by atoms with Gasteiger partial charge in [-0.25, -0.2) is 0 Å². The SMILES string of the molecule is CC(O)CCCCOc1ccccc1C(F)(F)F. The molecule has 1 N–H and O–H groups in total. The smallest absolute Gasteiger partial charge is 0.419 e. The van der Waals surface area contributed by atoms with Crippen LogP contribution in [0.3, 0.4) is 0 Å². The number of para-hydroxylation sites is 1. The van der Waals surface area contributed by atoms with Crippen LogP contribution < -0.4 is 4.74 Å². The highest BCUT2D eigenvalue weighted by Crippen LogP contribution is 2.35. The largest absolute Gasteiger partial charge is 0.493 e. The maximum Gasteiger partial charge on any atom is 0.419 e. The molecule has 2 nitrogen and oxygen atoms in total. The van der Waals surface area contributed by atoms with Crippen LogP contribution in [-0.4, -0.2) is 17.8 Å². The predicted octanol–water partition coefficient (Wildman–Crippen LogP) is 3.64. The van der Waals surface area contributed by atoms with Gasteiger partial charge in [0, 0.05) is 0 Å². The molecule has 1 atom stereocenters. The molecule has 5 heteroatoms. The lowest BCUT2D eigenvalue weighted by Crippen LogP contribution is -2.09. The number of rotatable bonds is 6. The number of aliphatic hydroxyl groups excluding tert-OH is 1. The summed E-state index contributed by atoms with van der Waals surface area (Å²) in [6.07, 6.45) is -2.80. The molecular weight excluding hydrogens is 245 g/mol. The minimum Gasteiger partial charge on any atom is -0.493 e. The first-order chi connectivity index (χ1) is 8.41. The molecule has 102 valence electrons. The van der Waals surface area contributed by atoms with Crippen molar-refractivity contribution in [2.24, 2.45) is 0 Å². The molecule has 1 aromatic carbocycles. The van der Waals surface area contributed by atoms with Crippen LogP contribution in [0.15, 0.2) is 24.3 Å². The number of hydrogen-bond donors (Lipinski definition) is 1. The highest BCUT2D eigenvalue weighted by Gasteiger charge is 2.33. The Labute approximate surface area is 104 Å². The maximum atomic E-state index is 12.6. The fourth-order valence-electron chi connectivity index (χ4n) is 1.55. The first-order valence-corrected chi connectivity index (χ1v) is 5.88. The third-order valence-corrected chi connectivity index (χ3v) is 2.47. The number of unbranched alkanes of at least 4 members (excludes halogenated alkanes) is 1. The monoisotopic (exact) mass is 262 g/mol. The summed E-state index contributed by atoms with van der Waals surface area (Å²) in [6.45, 7) is 1.90. The zero-order chi connectivity index (χ0) is 13.6. The van der Waals surface area contributed by atoms with Gasteiger partial charge in [0.2, 0.25) is 0 Å². The summed E-state index contributed by atoms with van der Waals surface area (Å²) < 4.78 is 43.0. The van der Waals surface area contributed by atoms with E-state index >= 15 is 0 Å². The van der Waals surface area contributed by atoms with Crippen molar-refractivity contribution in [1.29, 1.82) is 0 Å². The molecule has 0 bridgehead atoms. The standard InChI is InChI=1S/C13H17F3O2/c1-10(17)6-4-5-9-18-12-8-3-2-7-11(12)13(14,15)16/h2-3,7-8,10,17H,4-6,9H2,1H3. The summed E-state index contributed by atoms with van der Waals surface area (Å²) in [5.41, 5.74) is -0.750. The first kappa shape index (κ1) is 14.8. The topological polar surface area (TPSA) is 29.5 Å². The van der Waals surface area contributed by atoms with Crippen molar-refractivity contribution in [1.82, 2.24) is 0 Å². The molecule has 0 radical (unpaired) electrons. The lowest BCUT2D eigenvalue weighted by atomic mass is 10.2. The van der Waals surface area contributed by atoms with E-state index in [1.54, 1.807) is 6.92 Å². The molecule has 1 aromatic rings. The van der Waals surface area contributed by atoms with Crippen LogP contribution >= 0.6 is 0 Å². The first-order valence-electron chi connectivity index (χ1n) is 5.88. The predicted molar refractivity (Wildman–Crippen MR) is 62.5 cm³/mol. The van der Waals surface area contributed by atoms with E-state index < -0.39 is 11.7 Å². The second-order valence-electron chi connectivity index (χ2n) is 4.19. The van der Waals surface area contributed by atoms with Gasteiger partial charge in [-0.2, -0.15) is 13.2 Å². The molecule has 0 aliphatic carbocycles. The molecule has 18 heavy (non-hydrogen) atoms. The van der Waals surface area contributed by atoms with E-state index in [9.17, 15) is 13.2 Å². The van der Waals surface area contributed by atoms with Crippen LogP contribution in [0.25, 0.3) is 0 Å². The Morgan fingerprint density at radius 3 is 2.50 bits per heavy atom. The average Bonchev–Trinajstić information content (AvgIpc) is 2.27. The van der Waals surface area contributed by atoms with Gasteiger partial charge in [0.1, 0.15) is 5.75 Å². The van der Waals surface area contributed by atoms with E-state index in [1.165, 1.54) is 18.2 Å². The summed E-state index contributed by atoms with van der Waals surface area (Å²) in [5.74, 6) is -0.137. The molecule has 0 saturated heterocycles. The number of halogens is 3. The summed E-state index contributed by atoms with van der Waals surface area (Å²) in [7, 11) is 0. The van der Waals surface area contributed by atoms with Gasteiger partial charge < -0.3 is 9.84 Å². The lowest BCUT2D eigenvalue weighted by molar-refractivity contribution is -0.138. The van der Waals surface area contributed by atoms with Gasteiger partial charge in [0.05, 0.1) is 18.3 Å². The van der Waals surface area contributed by atoms with Crippen LogP contribution in [-0.2, 0) is 6.18 Å². The Hall–Kier alpha value is -1.23. The number of ether oxygens (including phenoxy) is 1. The van der Waals surface area contributed by atoms with Gasteiger partial charge in [-0.1, -0.05) is 12.1 Å². The number of benzene rings is 1. The second-order valence-corrected chi connectivity index (χ2v) is 4.19. The molecule has 1 unspecified atom stereocenters. The zero-order valence-electron chi connectivity index (χ0n) is 10.2. The van der Waals surface area contributed by atoms with Gasteiger partial charge in [-0.05, 0) is 38.3 Å². The van der Waals surface area contributed by atoms with Crippen molar-refractivity contribution >= 4 is 0 Å². The Bertz CT molecular complexity index is 361. The highest BCUT2D eigenvalue weighted by molar-refractivity contribution is 5.35. The summed E-state index contributed by atoms with van der Waals surface area (Å²) in [4.78, 5) is 0. The lowest BCUT2D eigenvalue weighted by Gasteiger charge is -2.13. The van der Waals surface area contributed by atoms with E-state index in [0.29, 0.717) is 12.8 Å². The highest BCUT2D eigenvalue weighted by atomic mass is 19.4. The maximum absolute atomic E-state index is 12.6. The molecular formula is C13H17F3O2. The van der Waals surface area contributed by atoms with Crippen LogP contribution in [0, 0.1) is 0 Å². The van der Waals surface area contributed by atoms with E-state index in [-0.39, 0.29) is 18.5 Å². The summed E-state index contributed by atoms with van der Waals surface area (Å²) in [6, 6.07) is 5.17. The Balaban J connectivity index is 2.47. The Kier molecular flexibility index (Phi) is 5.47. The molecule has 0 saturated carbocycles. The van der Waals surface area contributed by atoms with Crippen molar-refractivity contribution < 1.29 is 23.0 Å². The summed E-state index contributed by atoms with van der Waals surface area (Å²) >= 11 is 0. The average molecular weight is 262 g/mol. The quantitative estimate of drug-likeness (QED) is 0.793. The van der Waals surface area contributed by atoms with Crippen LogP contribution in [0.2, 0.25) is 0 Å². The fourth-order valence-corrected chi connectivity index (χ4v) is 1.55.